The van der Waals surface area contributed by atoms with Crippen LogP contribution < -0.4 is 5.73 Å². The summed E-state index contributed by atoms with van der Waals surface area (Å²) in [6, 6.07) is 0. The summed E-state index contributed by atoms with van der Waals surface area (Å²) in [5.74, 6) is 0.964. The van der Waals surface area contributed by atoms with Crippen molar-refractivity contribution in [1.29, 1.82) is 0 Å². The Labute approximate surface area is 108 Å². The van der Waals surface area contributed by atoms with Crippen LogP contribution in [0.3, 0.4) is 0 Å². The number of piperidine rings is 1. The second-order valence-corrected chi connectivity index (χ2v) is 5.89. The first kappa shape index (κ1) is 13.0. The molecule has 2 N–H and O–H groups in total. The Kier molecular flexibility index (Phi) is 4.95. The summed E-state index contributed by atoms with van der Waals surface area (Å²) >= 11 is 1.68. The first-order chi connectivity index (χ1) is 8.31. The Hall–Kier alpha value is -0.450. The van der Waals surface area contributed by atoms with Crippen LogP contribution in [-0.4, -0.2) is 23.0 Å². The van der Waals surface area contributed by atoms with Crippen molar-refractivity contribution in [2.45, 2.75) is 45.7 Å². The van der Waals surface area contributed by atoms with Gasteiger partial charge < -0.3 is 5.73 Å². The molecule has 2 rings (SSSR count). The molecule has 0 saturated carbocycles. The first-order valence-electron chi connectivity index (χ1n) is 6.67. The number of rotatable bonds is 5. The summed E-state index contributed by atoms with van der Waals surface area (Å²) in [6.45, 7) is 6.34. The van der Waals surface area contributed by atoms with Gasteiger partial charge in [-0.3, -0.25) is 4.90 Å². The molecule has 4 heteroatoms. The van der Waals surface area contributed by atoms with Crippen LogP contribution >= 0.6 is 11.3 Å². The third-order valence-corrected chi connectivity index (χ3v) is 4.48. The van der Waals surface area contributed by atoms with Crippen LogP contribution in [0.15, 0.2) is 5.38 Å². The molecule has 0 aliphatic carbocycles. The van der Waals surface area contributed by atoms with Gasteiger partial charge in [-0.25, -0.2) is 4.98 Å². The molecule has 0 unspecified atom stereocenters. The molecule has 1 aromatic rings. The lowest BCUT2D eigenvalue weighted by atomic mass is 9.92. The number of aromatic nitrogens is 1. The van der Waals surface area contributed by atoms with Crippen LogP contribution in [0.1, 0.15) is 43.3 Å². The zero-order valence-corrected chi connectivity index (χ0v) is 11.5. The van der Waals surface area contributed by atoms with Crippen molar-refractivity contribution in [3.8, 4) is 0 Å². The fraction of sp³-hybridized carbons (Fsp3) is 0.769. The maximum atomic E-state index is 5.58. The van der Waals surface area contributed by atoms with Gasteiger partial charge in [-0.05, 0) is 31.8 Å². The van der Waals surface area contributed by atoms with E-state index in [0.29, 0.717) is 6.54 Å². The van der Waals surface area contributed by atoms with Gasteiger partial charge in [0.25, 0.3) is 0 Å². The Morgan fingerprint density at radius 1 is 1.47 bits per heavy atom. The van der Waals surface area contributed by atoms with E-state index < -0.39 is 0 Å². The molecular weight excluding hydrogens is 230 g/mol. The Morgan fingerprint density at radius 2 is 2.24 bits per heavy atom. The Bertz CT molecular complexity index is 329. The largest absolute Gasteiger partial charge is 0.325 e. The SMILES string of the molecule is CCCC1CCN(Cc2csc(CN)n2)CC1. The molecule has 1 aliphatic heterocycles. The smallest absolute Gasteiger partial charge is 0.106 e. The molecule has 17 heavy (non-hydrogen) atoms. The molecule has 2 heterocycles. The second kappa shape index (κ2) is 6.47. The van der Waals surface area contributed by atoms with E-state index in [0.717, 1.165) is 17.5 Å². The predicted molar refractivity (Wildman–Crippen MR) is 72.9 cm³/mol. The highest BCUT2D eigenvalue weighted by Crippen LogP contribution is 2.23. The minimum atomic E-state index is 0.573. The summed E-state index contributed by atoms with van der Waals surface area (Å²) in [7, 11) is 0. The van der Waals surface area contributed by atoms with Crippen LogP contribution in [0.5, 0.6) is 0 Å². The quantitative estimate of drug-likeness (QED) is 0.877. The number of hydrogen-bond acceptors (Lipinski definition) is 4. The van der Waals surface area contributed by atoms with E-state index in [1.54, 1.807) is 11.3 Å². The van der Waals surface area contributed by atoms with E-state index in [1.165, 1.54) is 44.5 Å². The molecule has 0 amide bonds. The van der Waals surface area contributed by atoms with E-state index in [-0.39, 0.29) is 0 Å². The summed E-state index contributed by atoms with van der Waals surface area (Å²) in [4.78, 5) is 7.06. The minimum absolute atomic E-state index is 0.573. The van der Waals surface area contributed by atoms with Crippen molar-refractivity contribution in [2.75, 3.05) is 13.1 Å². The van der Waals surface area contributed by atoms with Gasteiger partial charge in [-0.1, -0.05) is 19.8 Å². The summed E-state index contributed by atoms with van der Waals surface area (Å²) in [5, 5.41) is 3.21. The van der Waals surface area contributed by atoms with Crippen LogP contribution in [0.2, 0.25) is 0 Å². The van der Waals surface area contributed by atoms with Gasteiger partial charge >= 0.3 is 0 Å². The summed E-state index contributed by atoms with van der Waals surface area (Å²) in [5.41, 5.74) is 6.78. The molecule has 0 spiro atoms. The first-order valence-corrected chi connectivity index (χ1v) is 7.55. The third-order valence-electron chi connectivity index (χ3n) is 3.56. The molecular formula is C13H23N3S. The van der Waals surface area contributed by atoms with Crippen LogP contribution in [0.25, 0.3) is 0 Å². The monoisotopic (exact) mass is 253 g/mol. The second-order valence-electron chi connectivity index (χ2n) is 4.94. The standard InChI is InChI=1S/C13H23N3S/c1-2-3-11-4-6-16(7-5-11)9-12-10-17-13(8-14)15-12/h10-11H,2-9,14H2,1H3. The van der Waals surface area contributed by atoms with Crippen molar-refractivity contribution >= 4 is 11.3 Å². The van der Waals surface area contributed by atoms with Crippen molar-refractivity contribution in [3.05, 3.63) is 16.1 Å². The number of hydrogen-bond donors (Lipinski definition) is 1. The van der Waals surface area contributed by atoms with Gasteiger partial charge in [0.15, 0.2) is 0 Å². The molecule has 1 aliphatic rings. The highest BCUT2D eigenvalue weighted by molar-refractivity contribution is 7.09. The Morgan fingerprint density at radius 3 is 2.82 bits per heavy atom. The number of thiazole rings is 1. The van der Waals surface area contributed by atoms with Crippen molar-refractivity contribution < 1.29 is 0 Å². The number of nitrogens with zero attached hydrogens (tertiary/aromatic N) is 2. The summed E-state index contributed by atoms with van der Waals surface area (Å²) < 4.78 is 0. The highest BCUT2D eigenvalue weighted by atomic mass is 32.1. The molecule has 0 radical (unpaired) electrons. The molecule has 1 fully saturated rings. The average Bonchev–Trinajstić information content (AvgIpc) is 2.80. The molecule has 1 saturated heterocycles. The normalized spacial score (nSPS) is 18.7. The van der Waals surface area contributed by atoms with Gasteiger partial charge in [0.2, 0.25) is 0 Å². The van der Waals surface area contributed by atoms with Crippen molar-refractivity contribution in [3.63, 3.8) is 0 Å². The van der Waals surface area contributed by atoms with Crippen molar-refractivity contribution in [1.82, 2.24) is 9.88 Å². The van der Waals surface area contributed by atoms with E-state index in [4.69, 9.17) is 5.73 Å². The molecule has 0 atom stereocenters. The van der Waals surface area contributed by atoms with Crippen molar-refractivity contribution in [2.24, 2.45) is 11.7 Å². The zero-order chi connectivity index (χ0) is 12.1. The predicted octanol–water partition coefficient (Wildman–Crippen LogP) is 2.61. The van der Waals surface area contributed by atoms with Gasteiger partial charge in [-0.15, -0.1) is 11.3 Å². The van der Waals surface area contributed by atoms with Gasteiger partial charge in [0.1, 0.15) is 5.01 Å². The maximum absolute atomic E-state index is 5.58. The Balaban J connectivity index is 1.77. The van der Waals surface area contributed by atoms with E-state index in [1.807, 2.05) is 0 Å². The zero-order valence-electron chi connectivity index (χ0n) is 10.7. The fourth-order valence-corrected chi connectivity index (χ4v) is 3.25. The van der Waals surface area contributed by atoms with Crippen LogP contribution in [0, 0.1) is 5.92 Å². The van der Waals surface area contributed by atoms with E-state index in [9.17, 15) is 0 Å². The van der Waals surface area contributed by atoms with Gasteiger partial charge in [0.05, 0.1) is 5.69 Å². The minimum Gasteiger partial charge on any atom is -0.325 e. The van der Waals surface area contributed by atoms with E-state index in [2.05, 4.69) is 22.2 Å². The lowest BCUT2D eigenvalue weighted by molar-refractivity contribution is 0.170. The summed E-state index contributed by atoms with van der Waals surface area (Å²) in [6.07, 6.45) is 5.46. The molecule has 96 valence electrons. The van der Waals surface area contributed by atoms with Gasteiger partial charge in [0, 0.05) is 18.5 Å². The lowest BCUT2D eigenvalue weighted by Crippen LogP contribution is -2.33. The highest BCUT2D eigenvalue weighted by Gasteiger charge is 2.18. The topological polar surface area (TPSA) is 42.1 Å². The lowest BCUT2D eigenvalue weighted by Gasteiger charge is -2.31. The molecule has 3 nitrogen and oxygen atoms in total. The molecule has 0 bridgehead atoms. The van der Waals surface area contributed by atoms with Gasteiger partial charge in [-0.2, -0.15) is 0 Å². The van der Waals surface area contributed by atoms with E-state index >= 15 is 0 Å². The maximum Gasteiger partial charge on any atom is 0.106 e. The number of likely N-dealkylation sites (tertiary alicyclic amines) is 1. The van der Waals surface area contributed by atoms with Crippen LogP contribution in [0.4, 0.5) is 0 Å². The fourth-order valence-electron chi connectivity index (χ4n) is 2.59. The molecule has 1 aromatic heterocycles. The van der Waals surface area contributed by atoms with Crippen LogP contribution in [-0.2, 0) is 13.1 Å². The third kappa shape index (κ3) is 3.76. The number of nitrogens with two attached hydrogens (primary N) is 1. The average molecular weight is 253 g/mol. The molecule has 0 aromatic carbocycles.